The van der Waals surface area contributed by atoms with E-state index in [4.69, 9.17) is 9.47 Å². The fourth-order valence-corrected chi connectivity index (χ4v) is 2.21. The summed E-state index contributed by atoms with van der Waals surface area (Å²) in [6.07, 6.45) is 1.10. The average Bonchev–Trinajstić information content (AvgIpc) is 2.50. The van der Waals surface area contributed by atoms with Crippen LogP contribution in [0.4, 0.5) is 0 Å². The fourth-order valence-electron chi connectivity index (χ4n) is 2.21. The first-order valence-corrected chi connectivity index (χ1v) is 7.02. The number of hydrogen-bond donors (Lipinski definition) is 2. The molecule has 0 spiro atoms. The fraction of sp³-hybridized carbons (Fsp3) is 0.467. The summed E-state index contributed by atoms with van der Waals surface area (Å²) in [5, 5.41) is 5.65. The van der Waals surface area contributed by atoms with Crippen LogP contribution >= 0.6 is 0 Å². The third-order valence-corrected chi connectivity index (χ3v) is 3.33. The largest absolute Gasteiger partial charge is 0.493 e. The van der Waals surface area contributed by atoms with E-state index in [1.54, 1.807) is 18.2 Å². The van der Waals surface area contributed by atoms with Crippen molar-refractivity contribution in [3.8, 4) is 11.5 Å². The van der Waals surface area contributed by atoms with Crippen LogP contribution in [0.25, 0.3) is 0 Å². The Morgan fingerprint density at radius 3 is 2.86 bits per heavy atom. The Balaban J connectivity index is 2.03. The lowest BCUT2D eigenvalue weighted by molar-refractivity contribution is -0.122. The van der Waals surface area contributed by atoms with Gasteiger partial charge in [0, 0.05) is 24.6 Å². The normalized spacial score (nSPS) is 17.8. The molecule has 2 N–H and O–H groups in total. The molecular weight excluding hydrogens is 272 g/mol. The maximum Gasteiger partial charge on any atom is 0.251 e. The zero-order chi connectivity index (χ0) is 15.2. The number of hydrogen-bond acceptors (Lipinski definition) is 4. The molecule has 114 valence electrons. The summed E-state index contributed by atoms with van der Waals surface area (Å²) in [5.74, 6) is 0.989. The van der Waals surface area contributed by atoms with Crippen molar-refractivity contribution in [2.24, 2.45) is 0 Å². The van der Waals surface area contributed by atoms with Gasteiger partial charge in [-0.25, -0.2) is 0 Å². The van der Waals surface area contributed by atoms with Crippen molar-refractivity contribution >= 4 is 11.8 Å². The van der Waals surface area contributed by atoms with Gasteiger partial charge in [-0.3, -0.25) is 9.59 Å². The number of benzene rings is 1. The van der Waals surface area contributed by atoms with Gasteiger partial charge in [-0.2, -0.15) is 0 Å². The van der Waals surface area contributed by atoms with Crippen LogP contribution in [0.2, 0.25) is 0 Å². The predicted molar refractivity (Wildman–Crippen MR) is 77.7 cm³/mol. The molecule has 6 heteroatoms. The summed E-state index contributed by atoms with van der Waals surface area (Å²) in [4.78, 5) is 23.3. The lowest BCUT2D eigenvalue weighted by Gasteiger charge is -2.23. The number of amides is 2. The maximum absolute atomic E-state index is 12.2. The van der Waals surface area contributed by atoms with E-state index in [0.29, 0.717) is 43.1 Å². The average molecular weight is 292 g/mol. The molecule has 1 aliphatic heterocycles. The molecule has 21 heavy (non-hydrogen) atoms. The molecule has 0 aliphatic carbocycles. The Bertz CT molecular complexity index is 520. The first-order chi connectivity index (χ1) is 10.1. The molecule has 2 rings (SSSR count). The molecule has 1 aliphatic rings. The standard InChI is InChI=1S/C15H20N2O4/c1-3-21-12-6-4-10(8-13(12)20-2)15(19)17-11-5-7-14(18)16-9-11/h4,6,8,11H,3,5,7,9H2,1-2H3,(H,16,18)(H,17,19). The zero-order valence-corrected chi connectivity index (χ0v) is 12.3. The van der Waals surface area contributed by atoms with Gasteiger partial charge in [-0.05, 0) is 31.5 Å². The Morgan fingerprint density at radius 2 is 2.24 bits per heavy atom. The molecule has 0 bridgehead atoms. The molecule has 1 saturated heterocycles. The van der Waals surface area contributed by atoms with E-state index in [9.17, 15) is 9.59 Å². The van der Waals surface area contributed by atoms with Gasteiger partial charge < -0.3 is 20.1 Å². The third-order valence-electron chi connectivity index (χ3n) is 3.33. The quantitative estimate of drug-likeness (QED) is 0.852. The number of carbonyl (C=O) groups excluding carboxylic acids is 2. The summed E-state index contributed by atoms with van der Waals surface area (Å²) in [6, 6.07) is 5.04. The number of piperidine rings is 1. The van der Waals surface area contributed by atoms with Crippen molar-refractivity contribution in [3.63, 3.8) is 0 Å². The number of rotatable bonds is 5. The molecule has 0 aromatic heterocycles. The van der Waals surface area contributed by atoms with Gasteiger partial charge in [0.25, 0.3) is 5.91 Å². The highest BCUT2D eigenvalue weighted by Gasteiger charge is 2.20. The smallest absolute Gasteiger partial charge is 0.251 e. The second-order valence-electron chi connectivity index (χ2n) is 4.81. The number of methoxy groups -OCH3 is 1. The molecule has 1 atom stereocenters. The minimum atomic E-state index is -0.183. The van der Waals surface area contributed by atoms with Crippen LogP contribution in [0.3, 0.4) is 0 Å². The molecule has 1 fully saturated rings. The molecule has 0 radical (unpaired) electrons. The molecule has 0 saturated carbocycles. The van der Waals surface area contributed by atoms with Crippen LogP contribution in [0.15, 0.2) is 18.2 Å². The van der Waals surface area contributed by atoms with Gasteiger partial charge >= 0.3 is 0 Å². The first-order valence-electron chi connectivity index (χ1n) is 7.02. The topological polar surface area (TPSA) is 76.7 Å². The molecule has 6 nitrogen and oxygen atoms in total. The van der Waals surface area contributed by atoms with Crippen LogP contribution in [0.5, 0.6) is 11.5 Å². The summed E-state index contributed by atoms with van der Waals surface area (Å²) < 4.78 is 10.7. The van der Waals surface area contributed by atoms with E-state index in [2.05, 4.69) is 10.6 Å². The van der Waals surface area contributed by atoms with Crippen molar-refractivity contribution in [1.82, 2.24) is 10.6 Å². The third kappa shape index (κ3) is 3.87. The van der Waals surface area contributed by atoms with E-state index in [1.807, 2.05) is 6.92 Å². The molecule has 1 unspecified atom stereocenters. The summed E-state index contributed by atoms with van der Waals surface area (Å²) >= 11 is 0. The SMILES string of the molecule is CCOc1ccc(C(=O)NC2CCC(=O)NC2)cc1OC. The van der Waals surface area contributed by atoms with Crippen LogP contribution in [0, 0.1) is 0 Å². The van der Waals surface area contributed by atoms with Gasteiger partial charge in [-0.1, -0.05) is 0 Å². The molecule has 1 aromatic carbocycles. The summed E-state index contributed by atoms with van der Waals surface area (Å²) in [6.45, 7) is 2.89. The van der Waals surface area contributed by atoms with Gasteiger partial charge in [0.05, 0.1) is 13.7 Å². The molecule has 2 amide bonds. The lowest BCUT2D eigenvalue weighted by Crippen LogP contribution is -2.47. The summed E-state index contributed by atoms with van der Waals surface area (Å²) in [7, 11) is 1.54. The molecule has 1 aromatic rings. The van der Waals surface area contributed by atoms with Crippen LogP contribution in [0.1, 0.15) is 30.1 Å². The van der Waals surface area contributed by atoms with Crippen molar-refractivity contribution in [2.45, 2.75) is 25.8 Å². The Labute approximate surface area is 123 Å². The highest BCUT2D eigenvalue weighted by molar-refractivity contribution is 5.95. The molecule has 1 heterocycles. The Morgan fingerprint density at radius 1 is 1.43 bits per heavy atom. The van der Waals surface area contributed by atoms with Crippen LogP contribution in [-0.4, -0.2) is 38.1 Å². The van der Waals surface area contributed by atoms with Crippen LogP contribution < -0.4 is 20.1 Å². The van der Waals surface area contributed by atoms with E-state index < -0.39 is 0 Å². The number of nitrogens with one attached hydrogen (secondary N) is 2. The first kappa shape index (κ1) is 15.2. The van der Waals surface area contributed by atoms with Gasteiger partial charge in [0.2, 0.25) is 5.91 Å². The number of carbonyl (C=O) groups is 2. The Kier molecular flexibility index (Phi) is 5.03. The van der Waals surface area contributed by atoms with Crippen LogP contribution in [-0.2, 0) is 4.79 Å². The van der Waals surface area contributed by atoms with Crippen molar-refractivity contribution in [1.29, 1.82) is 0 Å². The lowest BCUT2D eigenvalue weighted by atomic mass is 10.1. The van der Waals surface area contributed by atoms with E-state index in [1.165, 1.54) is 7.11 Å². The highest BCUT2D eigenvalue weighted by Crippen LogP contribution is 2.28. The monoisotopic (exact) mass is 292 g/mol. The van der Waals surface area contributed by atoms with Gasteiger partial charge in [0.15, 0.2) is 11.5 Å². The van der Waals surface area contributed by atoms with Crippen molar-refractivity contribution < 1.29 is 19.1 Å². The van der Waals surface area contributed by atoms with E-state index in [-0.39, 0.29) is 17.9 Å². The van der Waals surface area contributed by atoms with Gasteiger partial charge in [-0.15, -0.1) is 0 Å². The highest BCUT2D eigenvalue weighted by atomic mass is 16.5. The maximum atomic E-state index is 12.2. The summed E-state index contributed by atoms with van der Waals surface area (Å²) in [5.41, 5.74) is 0.507. The van der Waals surface area contributed by atoms with E-state index >= 15 is 0 Å². The van der Waals surface area contributed by atoms with Crippen molar-refractivity contribution in [2.75, 3.05) is 20.3 Å². The minimum absolute atomic E-state index is 0.0308. The Hall–Kier alpha value is -2.24. The van der Waals surface area contributed by atoms with Gasteiger partial charge in [0.1, 0.15) is 0 Å². The zero-order valence-electron chi connectivity index (χ0n) is 12.3. The predicted octanol–water partition coefficient (Wildman–Crippen LogP) is 1.10. The second-order valence-corrected chi connectivity index (χ2v) is 4.81. The van der Waals surface area contributed by atoms with E-state index in [0.717, 1.165) is 0 Å². The second kappa shape index (κ2) is 6.97. The number of ether oxygens (including phenoxy) is 2. The minimum Gasteiger partial charge on any atom is -0.493 e. The van der Waals surface area contributed by atoms with Crippen molar-refractivity contribution in [3.05, 3.63) is 23.8 Å². The molecular formula is C15H20N2O4.